The minimum Gasteiger partial charge on any atom is -0.387 e. The average molecular weight is 346 g/mol. The molecule has 21 heavy (non-hydrogen) atoms. The van der Waals surface area contributed by atoms with Crippen molar-refractivity contribution in [3.63, 3.8) is 0 Å². The number of H-pyrrole nitrogens is 1. The van der Waals surface area contributed by atoms with Gasteiger partial charge in [-0.05, 0) is 13.8 Å². The number of alkyl halides is 4. The van der Waals surface area contributed by atoms with E-state index in [0.717, 1.165) is 11.8 Å². The molecule has 1 aromatic rings. The molecule has 0 radical (unpaired) electrons. The molecule has 4 nitrogen and oxygen atoms in total. The van der Waals surface area contributed by atoms with Gasteiger partial charge >= 0.3 is 6.18 Å². The first-order valence-electron chi connectivity index (χ1n) is 5.95. The number of hydrogen-bond donors (Lipinski definition) is 1. The summed E-state index contributed by atoms with van der Waals surface area (Å²) in [7, 11) is 0. The van der Waals surface area contributed by atoms with Crippen LogP contribution < -0.4 is 0 Å². The molecule has 0 saturated carbocycles. The molecule has 10 heteroatoms. The minimum absolute atomic E-state index is 0.197. The van der Waals surface area contributed by atoms with Gasteiger partial charge in [0.05, 0.1) is 11.4 Å². The Bertz CT molecular complexity index is 562. The van der Waals surface area contributed by atoms with Crippen molar-refractivity contribution in [2.24, 2.45) is 5.16 Å². The van der Waals surface area contributed by atoms with Crippen molar-refractivity contribution < 1.29 is 22.4 Å². The van der Waals surface area contributed by atoms with Gasteiger partial charge in [0, 0.05) is 11.7 Å². The van der Waals surface area contributed by atoms with Crippen LogP contribution in [0.15, 0.2) is 5.16 Å². The number of aromatic amines is 1. The van der Waals surface area contributed by atoms with E-state index in [0.29, 0.717) is 11.5 Å². The Labute approximate surface area is 127 Å². The summed E-state index contributed by atoms with van der Waals surface area (Å²) in [6, 6.07) is 0. The SMILES string of the molecule is CC(SC1=NOC(C)(CCl)C1)c1c(F)n[nH]c1C(F)(F)F. The third-order valence-corrected chi connectivity index (χ3v) is 4.58. The molecule has 0 aromatic carbocycles. The second-order valence-corrected chi connectivity index (χ2v) is 6.58. The fourth-order valence-corrected chi connectivity index (χ4v) is 3.21. The number of thioether (sulfide) groups is 1. The number of oxime groups is 1. The van der Waals surface area contributed by atoms with E-state index in [4.69, 9.17) is 16.4 Å². The second kappa shape index (κ2) is 5.68. The molecule has 118 valence electrons. The van der Waals surface area contributed by atoms with Gasteiger partial charge in [0.15, 0.2) is 5.60 Å². The predicted molar refractivity (Wildman–Crippen MR) is 71.8 cm³/mol. The molecule has 2 heterocycles. The highest BCUT2D eigenvalue weighted by atomic mass is 35.5. The maximum Gasteiger partial charge on any atom is 0.433 e. The van der Waals surface area contributed by atoms with Gasteiger partial charge in [-0.3, -0.25) is 5.10 Å². The van der Waals surface area contributed by atoms with Crippen LogP contribution in [0.1, 0.15) is 36.8 Å². The standard InChI is InChI=1S/C11H12ClF4N3OS/c1-5(21-6-3-10(2,4-12)20-19-6)7-8(11(14,15)16)17-18-9(7)13/h5H,3-4H2,1-2H3,(H,17,18). The van der Waals surface area contributed by atoms with Gasteiger partial charge in [0.25, 0.3) is 0 Å². The number of aromatic nitrogens is 2. The molecule has 2 unspecified atom stereocenters. The van der Waals surface area contributed by atoms with Crippen molar-refractivity contribution in [3.8, 4) is 0 Å². The number of nitrogens with one attached hydrogen (secondary N) is 1. The summed E-state index contributed by atoms with van der Waals surface area (Å²) in [5.74, 6) is -0.968. The largest absolute Gasteiger partial charge is 0.433 e. The normalized spacial score (nSPS) is 23.9. The van der Waals surface area contributed by atoms with E-state index in [1.54, 1.807) is 12.0 Å². The number of nitrogens with zero attached hydrogens (tertiary/aromatic N) is 2. The Morgan fingerprint density at radius 3 is 2.71 bits per heavy atom. The summed E-state index contributed by atoms with van der Waals surface area (Å²) in [5, 5.41) is 8.14. The molecular weight excluding hydrogens is 334 g/mol. The zero-order valence-electron chi connectivity index (χ0n) is 11.1. The van der Waals surface area contributed by atoms with Crippen molar-refractivity contribution in [2.75, 3.05) is 5.88 Å². The van der Waals surface area contributed by atoms with Gasteiger partial charge in [-0.1, -0.05) is 16.9 Å². The van der Waals surface area contributed by atoms with Crippen LogP contribution in [0.5, 0.6) is 0 Å². The van der Waals surface area contributed by atoms with Crippen LogP contribution in [0.3, 0.4) is 0 Å². The quantitative estimate of drug-likeness (QED) is 0.663. The number of hydrogen-bond acceptors (Lipinski definition) is 4. The van der Waals surface area contributed by atoms with Gasteiger partial charge in [0.2, 0.25) is 5.95 Å². The second-order valence-electron chi connectivity index (χ2n) is 4.90. The summed E-state index contributed by atoms with van der Waals surface area (Å²) >= 11 is 6.72. The lowest BCUT2D eigenvalue weighted by molar-refractivity contribution is -0.141. The van der Waals surface area contributed by atoms with Crippen LogP contribution in [0, 0.1) is 5.95 Å². The molecule has 0 fully saturated rings. The van der Waals surface area contributed by atoms with E-state index in [2.05, 4.69) is 10.3 Å². The average Bonchev–Trinajstić information content (AvgIpc) is 2.93. The molecule has 0 amide bonds. The molecule has 2 atom stereocenters. The third-order valence-electron chi connectivity index (χ3n) is 2.94. The maximum absolute atomic E-state index is 13.5. The van der Waals surface area contributed by atoms with Gasteiger partial charge in [0.1, 0.15) is 10.7 Å². The lowest BCUT2D eigenvalue weighted by atomic mass is 10.1. The summed E-state index contributed by atoms with van der Waals surface area (Å²) in [5.41, 5.74) is -2.37. The van der Waals surface area contributed by atoms with Gasteiger partial charge < -0.3 is 4.84 Å². The fourth-order valence-electron chi connectivity index (χ4n) is 1.86. The highest BCUT2D eigenvalue weighted by molar-refractivity contribution is 8.14. The Balaban J connectivity index is 2.16. The summed E-state index contributed by atoms with van der Waals surface area (Å²) in [4.78, 5) is 5.14. The lowest BCUT2D eigenvalue weighted by Crippen LogP contribution is -2.26. The monoisotopic (exact) mass is 345 g/mol. The Morgan fingerprint density at radius 1 is 1.52 bits per heavy atom. The smallest absolute Gasteiger partial charge is 0.387 e. The molecule has 1 aromatic heterocycles. The van der Waals surface area contributed by atoms with Crippen LogP contribution in [0.2, 0.25) is 0 Å². The van der Waals surface area contributed by atoms with Crippen LogP contribution in [-0.4, -0.2) is 26.7 Å². The Kier molecular flexibility index (Phi) is 4.44. The molecule has 1 aliphatic heterocycles. The first-order valence-corrected chi connectivity index (χ1v) is 7.36. The van der Waals surface area contributed by atoms with E-state index < -0.39 is 34.2 Å². The lowest BCUT2D eigenvalue weighted by Gasteiger charge is -2.17. The van der Waals surface area contributed by atoms with E-state index in [9.17, 15) is 17.6 Å². The molecule has 1 N–H and O–H groups in total. The molecule has 0 spiro atoms. The highest BCUT2D eigenvalue weighted by Crippen LogP contribution is 2.42. The van der Waals surface area contributed by atoms with Crippen molar-refractivity contribution in [3.05, 3.63) is 17.2 Å². The number of halogens is 5. The van der Waals surface area contributed by atoms with Crippen LogP contribution in [0.25, 0.3) is 0 Å². The predicted octanol–water partition coefficient (Wildman–Crippen LogP) is 4.09. The van der Waals surface area contributed by atoms with Crippen LogP contribution in [0.4, 0.5) is 17.6 Å². The Hall–Kier alpha value is -0.960. The van der Waals surface area contributed by atoms with E-state index in [1.165, 1.54) is 6.92 Å². The molecule has 0 aliphatic carbocycles. The fraction of sp³-hybridized carbons (Fsp3) is 0.636. The van der Waals surface area contributed by atoms with Gasteiger partial charge in [-0.2, -0.15) is 17.6 Å². The number of rotatable bonds is 3. The minimum atomic E-state index is -4.69. The van der Waals surface area contributed by atoms with Crippen molar-refractivity contribution in [2.45, 2.75) is 37.3 Å². The van der Waals surface area contributed by atoms with E-state index in [1.807, 2.05) is 0 Å². The summed E-state index contributed by atoms with van der Waals surface area (Å²) in [6.45, 7) is 3.19. The first-order chi connectivity index (χ1) is 9.66. The molecule has 1 aliphatic rings. The third kappa shape index (κ3) is 3.45. The van der Waals surface area contributed by atoms with Crippen LogP contribution >= 0.6 is 23.4 Å². The van der Waals surface area contributed by atoms with E-state index in [-0.39, 0.29) is 5.88 Å². The van der Waals surface area contributed by atoms with E-state index >= 15 is 0 Å². The topological polar surface area (TPSA) is 50.3 Å². The van der Waals surface area contributed by atoms with Crippen molar-refractivity contribution in [1.29, 1.82) is 0 Å². The molecule has 0 bridgehead atoms. The molecule has 2 rings (SSSR count). The summed E-state index contributed by atoms with van der Waals surface area (Å²) < 4.78 is 51.9. The van der Waals surface area contributed by atoms with Crippen LogP contribution in [-0.2, 0) is 11.0 Å². The highest BCUT2D eigenvalue weighted by Gasteiger charge is 2.40. The zero-order valence-corrected chi connectivity index (χ0v) is 12.7. The van der Waals surface area contributed by atoms with Gasteiger partial charge in [-0.25, -0.2) is 0 Å². The maximum atomic E-state index is 13.5. The zero-order chi connectivity index (χ0) is 15.8. The summed E-state index contributed by atoms with van der Waals surface area (Å²) in [6.07, 6.45) is -4.33. The van der Waals surface area contributed by atoms with Crippen molar-refractivity contribution >= 4 is 28.4 Å². The molecule has 0 saturated heterocycles. The first kappa shape index (κ1) is 16.4. The molecular formula is C11H12ClF4N3OS. The Morgan fingerprint density at radius 2 is 2.19 bits per heavy atom. The van der Waals surface area contributed by atoms with Crippen molar-refractivity contribution in [1.82, 2.24) is 10.2 Å². The van der Waals surface area contributed by atoms with Gasteiger partial charge in [-0.15, -0.1) is 16.7 Å².